The highest BCUT2D eigenvalue weighted by atomic mass is 16.5. The second kappa shape index (κ2) is 4.28. The summed E-state index contributed by atoms with van der Waals surface area (Å²) in [5.41, 5.74) is 7.29. The zero-order valence-electron chi connectivity index (χ0n) is 13.9. The van der Waals surface area contributed by atoms with Crippen LogP contribution >= 0.6 is 0 Å². The van der Waals surface area contributed by atoms with Crippen molar-refractivity contribution in [1.29, 1.82) is 0 Å². The molecule has 2 heterocycles. The van der Waals surface area contributed by atoms with Gasteiger partial charge in [-0.1, -0.05) is 6.07 Å². The summed E-state index contributed by atoms with van der Waals surface area (Å²) >= 11 is 0. The van der Waals surface area contributed by atoms with Gasteiger partial charge in [-0.05, 0) is 75.1 Å². The van der Waals surface area contributed by atoms with Crippen LogP contribution in [0.4, 0.5) is 0 Å². The maximum atomic E-state index is 6.48. The molecule has 2 aliphatic heterocycles. The maximum Gasteiger partial charge on any atom is 0.145 e. The molecular weight excluding hydrogens is 272 g/mol. The summed E-state index contributed by atoms with van der Waals surface area (Å²) in [6.45, 7) is 11.5. The Balaban J connectivity index is 1.91. The summed E-state index contributed by atoms with van der Waals surface area (Å²) in [4.78, 5) is 0. The first-order valence-electron chi connectivity index (χ1n) is 7.95. The number of fused-ring (bicyclic) bond motifs is 5. The first-order chi connectivity index (χ1) is 10.4. The number of aryl methyl sites for hydroxylation is 4. The Morgan fingerprint density at radius 1 is 0.864 bits per heavy atom. The van der Waals surface area contributed by atoms with Gasteiger partial charge in [-0.15, -0.1) is 0 Å². The van der Waals surface area contributed by atoms with Crippen molar-refractivity contribution in [3.8, 4) is 11.5 Å². The van der Waals surface area contributed by atoms with Gasteiger partial charge in [0.2, 0.25) is 0 Å². The molecule has 2 aromatic rings. The van der Waals surface area contributed by atoms with Crippen molar-refractivity contribution in [3.05, 3.63) is 57.6 Å². The van der Waals surface area contributed by atoms with Crippen LogP contribution < -0.4 is 9.47 Å². The number of rotatable bonds is 0. The molecule has 2 nitrogen and oxygen atoms in total. The molecule has 114 valence electrons. The van der Waals surface area contributed by atoms with Crippen LogP contribution in [0.2, 0.25) is 0 Å². The van der Waals surface area contributed by atoms with E-state index in [2.05, 4.69) is 58.9 Å². The Morgan fingerprint density at radius 3 is 2.18 bits per heavy atom. The third-order valence-corrected chi connectivity index (χ3v) is 5.52. The van der Waals surface area contributed by atoms with Crippen molar-refractivity contribution in [3.63, 3.8) is 0 Å². The molecule has 0 spiro atoms. The van der Waals surface area contributed by atoms with Crippen molar-refractivity contribution >= 4 is 0 Å². The summed E-state index contributed by atoms with van der Waals surface area (Å²) in [7, 11) is 0. The van der Waals surface area contributed by atoms with E-state index < -0.39 is 0 Å². The van der Waals surface area contributed by atoms with E-state index in [1.165, 1.54) is 33.4 Å². The lowest BCUT2D eigenvalue weighted by Gasteiger charge is -2.37. The van der Waals surface area contributed by atoms with Crippen LogP contribution in [0.15, 0.2) is 24.3 Å². The van der Waals surface area contributed by atoms with Crippen molar-refractivity contribution in [2.75, 3.05) is 6.61 Å². The van der Waals surface area contributed by atoms with E-state index in [4.69, 9.17) is 9.47 Å². The molecule has 0 bridgehead atoms. The zero-order valence-corrected chi connectivity index (χ0v) is 13.9. The first kappa shape index (κ1) is 13.7. The SMILES string of the molecule is Cc1cc2c(cc1C)C1COc3cc(C)c(C)cc3C1(C)O2. The van der Waals surface area contributed by atoms with Crippen molar-refractivity contribution in [2.24, 2.45) is 0 Å². The van der Waals surface area contributed by atoms with Crippen molar-refractivity contribution < 1.29 is 9.47 Å². The molecule has 2 heteroatoms. The minimum Gasteiger partial charge on any atom is -0.492 e. The van der Waals surface area contributed by atoms with Crippen LogP contribution in [0.3, 0.4) is 0 Å². The molecule has 0 fully saturated rings. The molecule has 0 amide bonds. The Kier molecular flexibility index (Phi) is 2.66. The fourth-order valence-electron chi connectivity index (χ4n) is 3.73. The predicted molar refractivity (Wildman–Crippen MR) is 88.0 cm³/mol. The molecule has 2 aliphatic rings. The monoisotopic (exact) mass is 294 g/mol. The average molecular weight is 294 g/mol. The van der Waals surface area contributed by atoms with Gasteiger partial charge >= 0.3 is 0 Å². The number of hydrogen-bond donors (Lipinski definition) is 0. The highest BCUT2D eigenvalue weighted by molar-refractivity contribution is 5.55. The molecule has 0 saturated carbocycles. The Bertz CT molecular complexity index is 791. The second-order valence-corrected chi connectivity index (χ2v) is 6.98. The van der Waals surface area contributed by atoms with Gasteiger partial charge in [-0.25, -0.2) is 0 Å². The van der Waals surface area contributed by atoms with Crippen LogP contribution in [0.1, 0.15) is 46.2 Å². The van der Waals surface area contributed by atoms with E-state index in [9.17, 15) is 0 Å². The second-order valence-electron chi connectivity index (χ2n) is 6.98. The largest absolute Gasteiger partial charge is 0.492 e. The molecule has 0 aromatic heterocycles. The highest BCUT2D eigenvalue weighted by Gasteiger charge is 2.50. The van der Waals surface area contributed by atoms with E-state index in [1.54, 1.807) is 0 Å². The standard InChI is InChI=1S/C20H22O2/c1-11-6-15-17-10-21-19-9-14(4)12(2)7-16(19)20(17,5)22-18(15)8-13(11)3/h6-9,17H,10H2,1-5H3. The topological polar surface area (TPSA) is 18.5 Å². The van der Waals surface area contributed by atoms with Gasteiger partial charge in [-0.3, -0.25) is 0 Å². The molecule has 4 rings (SSSR count). The van der Waals surface area contributed by atoms with E-state index in [0.717, 1.165) is 11.5 Å². The molecule has 0 N–H and O–H groups in total. The molecule has 0 aliphatic carbocycles. The lowest BCUT2D eigenvalue weighted by atomic mass is 9.78. The van der Waals surface area contributed by atoms with Crippen LogP contribution in [0.5, 0.6) is 11.5 Å². The Hall–Kier alpha value is -1.96. The Morgan fingerprint density at radius 2 is 1.45 bits per heavy atom. The van der Waals surface area contributed by atoms with Gasteiger partial charge in [-0.2, -0.15) is 0 Å². The molecule has 2 aromatic carbocycles. The maximum absolute atomic E-state index is 6.48. The van der Waals surface area contributed by atoms with Crippen LogP contribution in [0.25, 0.3) is 0 Å². The minimum atomic E-state index is -0.325. The normalized spacial score (nSPS) is 24.9. The molecule has 22 heavy (non-hydrogen) atoms. The molecule has 2 atom stereocenters. The van der Waals surface area contributed by atoms with E-state index in [0.29, 0.717) is 6.61 Å². The first-order valence-corrected chi connectivity index (χ1v) is 7.95. The van der Waals surface area contributed by atoms with Crippen LogP contribution in [-0.4, -0.2) is 6.61 Å². The molecule has 2 unspecified atom stereocenters. The highest BCUT2D eigenvalue weighted by Crippen LogP contribution is 2.55. The summed E-state index contributed by atoms with van der Waals surface area (Å²) in [6, 6.07) is 8.84. The third-order valence-electron chi connectivity index (χ3n) is 5.52. The summed E-state index contributed by atoms with van der Waals surface area (Å²) in [6.07, 6.45) is 0. The van der Waals surface area contributed by atoms with Crippen LogP contribution in [-0.2, 0) is 5.60 Å². The zero-order chi connectivity index (χ0) is 15.6. The number of hydrogen-bond acceptors (Lipinski definition) is 2. The van der Waals surface area contributed by atoms with Crippen molar-refractivity contribution in [2.45, 2.75) is 46.1 Å². The van der Waals surface area contributed by atoms with Gasteiger partial charge in [0, 0.05) is 11.1 Å². The van der Waals surface area contributed by atoms with Gasteiger partial charge in [0.15, 0.2) is 0 Å². The number of ether oxygens (including phenoxy) is 2. The fourth-order valence-corrected chi connectivity index (χ4v) is 3.73. The van der Waals surface area contributed by atoms with Crippen LogP contribution in [0, 0.1) is 27.7 Å². The lowest BCUT2D eigenvalue weighted by Crippen LogP contribution is -2.38. The molecule has 0 saturated heterocycles. The number of benzene rings is 2. The third kappa shape index (κ3) is 1.67. The summed E-state index contributed by atoms with van der Waals surface area (Å²) in [5, 5.41) is 0. The lowest BCUT2D eigenvalue weighted by molar-refractivity contribution is 0.0433. The summed E-state index contributed by atoms with van der Waals surface area (Å²) in [5.74, 6) is 2.25. The molecular formula is C20H22O2. The van der Waals surface area contributed by atoms with Gasteiger partial charge in [0.1, 0.15) is 17.1 Å². The predicted octanol–water partition coefficient (Wildman–Crippen LogP) is 4.70. The van der Waals surface area contributed by atoms with Gasteiger partial charge < -0.3 is 9.47 Å². The van der Waals surface area contributed by atoms with E-state index >= 15 is 0 Å². The summed E-state index contributed by atoms with van der Waals surface area (Å²) < 4.78 is 12.6. The van der Waals surface area contributed by atoms with Crippen molar-refractivity contribution in [1.82, 2.24) is 0 Å². The Labute approximate surface area is 132 Å². The average Bonchev–Trinajstić information content (AvgIpc) is 2.73. The minimum absolute atomic E-state index is 0.261. The van der Waals surface area contributed by atoms with Gasteiger partial charge in [0.05, 0.1) is 12.5 Å². The van der Waals surface area contributed by atoms with Gasteiger partial charge in [0.25, 0.3) is 0 Å². The quantitative estimate of drug-likeness (QED) is 0.701. The van der Waals surface area contributed by atoms with E-state index in [-0.39, 0.29) is 11.5 Å². The molecule has 0 radical (unpaired) electrons. The smallest absolute Gasteiger partial charge is 0.145 e. The van der Waals surface area contributed by atoms with E-state index in [1.807, 2.05) is 0 Å². The fraction of sp³-hybridized carbons (Fsp3) is 0.400.